The van der Waals surface area contributed by atoms with Crippen molar-refractivity contribution in [3.63, 3.8) is 0 Å². The van der Waals surface area contributed by atoms with Gasteiger partial charge in [0.25, 0.3) is 5.91 Å². The zero-order chi connectivity index (χ0) is 13.7. The van der Waals surface area contributed by atoms with E-state index in [1.165, 1.54) is 11.3 Å². The van der Waals surface area contributed by atoms with Gasteiger partial charge in [0.2, 0.25) is 0 Å². The van der Waals surface area contributed by atoms with Crippen molar-refractivity contribution in [2.45, 2.75) is 12.5 Å². The molecule has 2 rings (SSSR count). The molecule has 2 N–H and O–H groups in total. The van der Waals surface area contributed by atoms with Crippen LogP contribution < -0.4 is 5.32 Å². The summed E-state index contributed by atoms with van der Waals surface area (Å²) < 4.78 is 0.927. The Morgan fingerprint density at radius 3 is 2.68 bits per heavy atom. The second kappa shape index (κ2) is 6.84. The average Bonchev–Trinajstić information content (AvgIpc) is 2.86. The van der Waals surface area contributed by atoms with Gasteiger partial charge in [-0.05, 0) is 34.0 Å². The fraction of sp³-hybridized carbons (Fsp3) is 0.214. The van der Waals surface area contributed by atoms with Crippen LogP contribution in [0.3, 0.4) is 0 Å². The molecule has 1 unspecified atom stereocenters. The minimum atomic E-state index is -0.169. The molecular formula is C14H14BrNO2S. The Hall–Kier alpha value is -1.17. The third kappa shape index (κ3) is 3.89. The molecule has 0 aliphatic rings. The van der Waals surface area contributed by atoms with Gasteiger partial charge in [-0.2, -0.15) is 0 Å². The fourth-order valence-electron chi connectivity index (χ4n) is 1.81. The Labute approximate surface area is 124 Å². The molecule has 1 atom stereocenters. The number of rotatable bonds is 5. The summed E-state index contributed by atoms with van der Waals surface area (Å²) in [5, 5.41) is 13.9. The van der Waals surface area contributed by atoms with Gasteiger partial charge in [0.15, 0.2) is 0 Å². The molecule has 1 aromatic heterocycles. The zero-order valence-corrected chi connectivity index (χ0v) is 12.6. The van der Waals surface area contributed by atoms with Crippen molar-refractivity contribution in [1.29, 1.82) is 0 Å². The molecule has 0 spiro atoms. The van der Waals surface area contributed by atoms with E-state index in [2.05, 4.69) is 21.2 Å². The van der Waals surface area contributed by atoms with Crippen LogP contribution in [-0.2, 0) is 0 Å². The Morgan fingerprint density at radius 2 is 2.11 bits per heavy atom. The van der Waals surface area contributed by atoms with E-state index in [9.17, 15) is 4.79 Å². The Morgan fingerprint density at radius 1 is 1.37 bits per heavy atom. The number of halogens is 1. The maximum atomic E-state index is 12.1. The molecule has 19 heavy (non-hydrogen) atoms. The number of amides is 1. The largest absolute Gasteiger partial charge is 0.396 e. The first-order chi connectivity index (χ1) is 9.20. The van der Waals surface area contributed by atoms with Crippen molar-refractivity contribution in [3.05, 3.63) is 56.7 Å². The molecule has 0 bridgehead atoms. The van der Waals surface area contributed by atoms with E-state index >= 15 is 0 Å². The van der Waals surface area contributed by atoms with E-state index < -0.39 is 0 Å². The van der Waals surface area contributed by atoms with Crippen LogP contribution in [0.15, 0.2) is 45.6 Å². The lowest BCUT2D eigenvalue weighted by atomic mass is 10.0. The smallest absolute Gasteiger partial charge is 0.252 e. The van der Waals surface area contributed by atoms with Gasteiger partial charge in [-0.15, -0.1) is 11.3 Å². The highest BCUT2D eigenvalue weighted by atomic mass is 79.9. The number of hydrogen-bond donors (Lipinski definition) is 2. The molecular weight excluding hydrogens is 326 g/mol. The van der Waals surface area contributed by atoms with E-state index in [1.54, 1.807) is 11.4 Å². The highest BCUT2D eigenvalue weighted by Crippen LogP contribution is 2.22. The fourth-order valence-corrected chi connectivity index (χ4v) is 2.94. The summed E-state index contributed by atoms with van der Waals surface area (Å²) in [6.07, 6.45) is 0.501. The predicted octanol–water partition coefficient (Wildman–Crippen LogP) is 3.36. The van der Waals surface area contributed by atoms with E-state index in [0.29, 0.717) is 12.0 Å². The van der Waals surface area contributed by atoms with Crippen molar-refractivity contribution >= 4 is 33.2 Å². The quantitative estimate of drug-likeness (QED) is 0.877. The lowest BCUT2D eigenvalue weighted by Crippen LogP contribution is -2.28. The minimum absolute atomic E-state index is 0.0349. The van der Waals surface area contributed by atoms with Crippen LogP contribution in [0.1, 0.15) is 28.4 Å². The summed E-state index contributed by atoms with van der Waals surface area (Å²) in [6, 6.07) is 11.3. The van der Waals surface area contributed by atoms with Crippen LogP contribution >= 0.6 is 27.3 Å². The van der Waals surface area contributed by atoms with E-state index in [1.807, 2.05) is 30.3 Å². The van der Waals surface area contributed by atoms with Gasteiger partial charge in [-0.25, -0.2) is 0 Å². The van der Waals surface area contributed by atoms with Gasteiger partial charge in [0, 0.05) is 12.0 Å². The van der Waals surface area contributed by atoms with Gasteiger partial charge < -0.3 is 10.4 Å². The first-order valence-electron chi connectivity index (χ1n) is 5.91. The number of carbonyl (C=O) groups is 1. The van der Waals surface area contributed by atoms with Crippen LogP contribution in [0.5, 0.6) is 0 Å². The van der Waals surface area contributed by atoms with Gasteiger partial charge in [-0.1, -0.05) is 30.3 Å². The van der Waals surface area contributed by atoms with Gasteiger partial charge in [-0.3, -0.25) is 4.79 Å². The topological polar surface area (TPSA) is 49.3 Å². The van der Waals surface area contributed by atoms with Crippen molar-refractivity contribution in [2.75, 3.05) is 6.61 Å². The van der Waals surface area contributed by atoms with Crippen LogP contribution in [0, 0.1) is 0 Å². The van der Waals surface area contributed by atoms with E-state index in [4.69, 9.17) is 5.11 Å². The SMILES string of the molecule is O=C(NC(CCO)c1ccccc1)c1csc(Br)c1. The number of nitrogens with one attached hydrogen (secondary N) is 1. The molecule has 0 aliphatic carbocycles. The third-order valence-electron chi connectivity index (χ3n) is 2.75. The Bertz CT molecular complexity index is 541. The van der Waals surface area contributed by atoms with Gasteiger partial charge in [0.05, 0.1) is 15.4 Å². The van der Waals surface area contributed by atoms with E-state index in [-0.39, 0.29) is 18.6 Å². The molecule has 0 fully saturated rings. The Kier molecular flexibility index (Phi) is 5.13. The molecule has 2 aromatic rings. The monoisotopic (exact) mass is 339 g/mol. The van der Waals surface area contributed by atoms with E-state index in [0.717, 1.165) is 9.35 Å². The zero-order valence-electron chi connectivity index (χ0n) is 10.2. The number of thiophene rings is 1. The normalized spacial score (nSPS) is 12.1. The van der Waals surface area contributed by atoms with Crippen LogP contribution in [0.2, 0.25) is 0 Å². The maximum Gasteiger partial charge on any atom is 0.252 e. The van der Waals surface area contributed by atoms with Crippen LogP contribution in [-0.4, -0.2) is 17.6 Å². The molecule has 3 nitrogen and oxygen atoms in total. The van der Waals surface area contributed by atoms with Crippen molar-refractivity contribution < 1.29 is 9.90 Å². The first kappa shape index (κ1) is 14.2. The molecule has 0 radical (unpaired) electrons. The summed E-state index contributed by atoms with van der Waals surface area (Å²) in [7, 11) is 0. The average molecular weight is 340 g/mol. The number of hydrogen-bond acceptors (Lipinski definition) is 3. The third-order valence-corrected chi connectivity index (χ3v) is 4.26. The van der Waals surface area contributed by atoms with Crippen molar-refractivity contribution in [1.82, 2.24) is 5.32 Å². The molecule has 0 aliphatic heterocycles. The summed E-state index contributed by atoms with van der Waals surface area (Å²) in [5.74, 6) is -0.121. The number of benzene rings is 1. The van der Waals surface area contributed by atoms with Gasteiger partial charge in [0.1, 0.15) is 0 Å². The summed E-state index contributed by atoms with van der Waals surface area (Å²) >= 11 is 4.82. The number of aliphatic hydroxyl groups excluding tert-OH is 1. The summed E-state index contributed by atoms with van der Waals surface area (Å²) in [6.45, 7) is 0.0349. The lowest BCUT2D eigenvalue weighted by molar-refractivity contribution is 0.0930. The molecule has 1 aromatic carbocycles. The highest BCUT2D eigenvalue weighted by molar-refractivity contribution is 9.11. The minimum Gasteiger partial charge on any atom is -0.396 e. The second-order valence-corrected chi connectivity index (χ2v) is 6.38. The lowest BCUT2D eigenvalue weighted by Gasteiger charge is -2.17. The summed E-state index contributed by atoms with van der Waals surface area (Å²) in [4.78, 5) is 12.1. The highest BCUT2D eigenvalue weighted by Gasteiger charge is 2.15. The Balaban J connectivity index is 2.11. The molecule has 1 heterocycles. The molecule has 100 valence electrons. The number of carbonyl (C=O) groups excluding carboxylic acids is 1. The molecule has 1 amide bonds. The number of aliphatic hydroxyl groups is 1. The standard InChI is InChI=1S/C14H14BrNO2S/c15-13-8-11(9-19-13)14(18)16-12(6-7-17)10-4-2-1-3-5-10/h1-5,8-9,12,17H,6-7H2,(H,16,18). The predicted molar refractivity (Wildman–Crippen MR) is 80.4 cm³/mol. The van der Waals surface area contributed by atoms with Crippen LogP contribution in [0.25, 0.3) is 0 Å². The molecule has 0 saturated heterocycles. The maximum absolute atomic E-state index is 12.1. The van der Waals surface area contributed by atoms with Gasteiger partial charge >= 0.3 is 0 Å². The molecule has 0 saturated carbocycles. The second-order valence-electron chi connectivity index (χ2n) is 4.09. The first-order valence-corrected chi connectivity index (χ1v) is 7.58. The molecule has 5 heteroatoms. The van der Waals surface area contributed by atoms with Crippen molar-refractivity contribution in [3.8, 4) is 0 Å². The van der Waals surface area contributed by atoms with Crippen LogP contribution in [0.4, 0.5) is 0 Å². The summed E-state index contributed by atoms with van der Waals surface area (Å²) in [5.41, 5.74) is 1.63. The van der Waals surface area contributed by atoms with Crippen molar-refractivity contribution in [2.24, 2.45) is 0 Å².